The minimum absolute atomic E-state index is 0.0517. The molecule has 1 aromatic heterocycles. The Morgan fingerprint density at radius 3 is 2.95 bits per heavy atom. The first-order chi connectivity index (χ1) is 9.24. The topological polar surface area (TPSA) is 49.3 Å². The Morgan fingerprint density at radius 1 is 1.47 bits per heavy atom. The summed E-state index contributed by atoms with van der Waals surface area (Å²) in [7, 11) is 0. The van der Waals surface area contributed by atoms with Crippen LogP contribution in [0.5, 0.6) is 0 Å². The van der Waals surface area contributed by atoms with Gasteiger partial charge >= 0.3 is 0 Å². The van der Waals surface area contributed by atoms with Crippen molar-refractivity contribution in [3.8, 4) is 0 Å². The summed E-state index contributed by atoms with van der Waals surface area (Å²) in [5.74, 6) is 0.430. The van der Waals surface area contributed by atoms with Crippen LogP contribution < -0.4 is 5.32 Å². The fraction of sp³-hybridized carbons (Fsp3) is 0.667. The van der Waals surface area contributed by atoms with Gasteiger partial charge in [0.05, 0.1) is 4.88 Å². The van der Waals surface area contributed by atoms with Gasteiger partial charge in [-0.25, -0.2) is 0 Å². The third-order valence-corrected chi connectivity index (χ3v) is 5.12. The van der Waals surface area contributed by atoms with Gasteiger partial charge in [-0.15, -0.1) is 11.3 Å². The van der Waals surface area contributed by atoms with E-state index < -0.39 is 0 Å². The summed E-state index contributed by atoms with van der Waals surface area (Å²) in [6.07, 6.45) is 6.51. The fourth-order valence-electron chi connectivity index (χ4n) is 2.56. The van der Waals surface area contributed by atoms with Crippen LogP contribution in [-0.4, -0.2) is 24.2 Å². The SMILES string of the molecule is CCC(CCO)CNC(=O)c1cc2c(s1)CCCC2. The molecule has 0 spiro atoms. The van der Waals surface area contributed by atoms with Crippen molar-refractivity contribution in [1.82, 2.24) is 5.32 Å². The zero-order valence-corrected chi connectivity index (χ0v) is 12.4. The molecule has 2 rings (SSSR count). The monoisotopic (exact) mass is 281 g/mol. The maximum Gasteiger partial charge on any atom is 0.261 e. The number of amides is 1. The molecule has 1 unspecified atom stereocenters. The second kappa shape index (κ2) is 7.06. The average molecular weight is 281 g/mol. The van der Waals surface area contributed by atoms with E-state index in [1.54, 1.807) is 11.3 Å². The highest BCUT2D eigenvalue weighted by molar-refractivity contribution is 7.14. The van der Waals surface area contributed by atoms with Gasteiger partial charge < -0.3 is 10.4 Å². The van der Waals surface area contributed by atoms with Gasteiger partial charge in [0.25, 0.3) is 5.91 Å². The van der Waals surface area contributed by atoms with E-state index in [0.29, 0.717) is 12.5 Å². The standard InChI is InChI=1S/C15H23NO2S/c1-2-11(7-8-17)10-16-15(18)14-9-12-5-3-4-6-13(12)19-14/h9,11,17H,2-8,10H2,1H3,(H,16,18). The van der Waals surface area contributed by atoms with Crippen LogP contribution in [0, 0.1) is 5.92 Å². The third kappa shape index (κ3) is 3.80. The predicted octanol–water partition coefficient (Wildman–Crippen LogP) is 2.77. The van der Waals surface area contributed by atoms with Gasteiger partial charge in [-0.1, -0.05) is 13.3 Å². The molecule has 0 aromatic carbocycles. The van der Waals surface area contributed by atoms with Gasteiger partial charge in [0.2, 0.25) is 0 Å². The van der Waals surface area contributed by atoms with E-state index in [9.17, 15) is 4.79 Å². The predicted molar refractivity (Wildman–Crippen MR) is 78.8 cm³/mol. The fourth-order valence-corrected chi connectivity index (χ4v) is 3.73. The quantitative estimate of drug-likeness (QED) is 0.842. The Hall–Kier alpha value is -0.870. The zero-order chi connectivity index (χ0) is 13.7. The lowest BCUT2D eigenvalue weighted by atomic mass is 9.99. The van der Waals surface area contributed by atoms with Crippen molar-refractivity contribution >= 4 is 17.2 Å². The molecule has 1 amide bonds. The first kappa shape index (κ1) is 14.5. The molecule has 0 radical (unpaired) electrons. The van der Waals surface area contributed by atoms with Gasteiger partial charge in [0, 0.05) is 18.0 Å². The Bertz CT molecular complexity index is 404. The van der Waals surface area contributed by atoms with Crippen molar-refractivity contribution in [2.24, 2.45) is 5.92 Å². The molecular weight excluding hydrogens is 258 g/mol. The Balaban J connectivity index is 1.90. The molecule has 4 heteroatoms. The number of hydrogen-bond donors (Lipinski definition) is 2. The summed E-state index contributed by atoms with van der Waals surface area (Å²) in [5, 5.41) is 12.0. The Labute approximate surface area is 119 Å². The van der Waals surface area contributed by atoms with E-state index in [0.717, 1.165) is 30.6 Å². The summed E-state index contributed by atoms with van der Waals surface area (Å²) in [4.78, 5) is 14.4. The van der Waals surface area contributed by atoms with Crippen molar-refractivity contribution in [3.05, 3.63) is 21.4 Å². The minimum atomic E-state index is 0.0517. The largest absolute Gasteiger partial charge is 0.396 e. The molecule has 106 valence electrons. The number of aryl methyl sites for hydroxylation is 2. The summed E-state index contributed by atoms with van der Waals surface area (Å²) in [6.45, 7) is 2.95. The van der Waals surface area contributed by atoms with E-state index in [1.807, 2.05) is 0 Å². The number of rotatable bonds is 6. The highest BCUT2D eigenvalue weighted by Gasteiger charge is 2.17. The number of nitrogens with one attached hydrogen (secondary N) is 1. The maximum atomic E-state index is 12.1. The van der Waals surface area contributed by atoms with Crippen LogP contribution >= 0.6 is 11.3 Å². The molecule has 19 heavy (non-hydrogen) atoms. The molecular formula is C15H23NO2S. The first-order valence-electron chi connectivity index (χ1n) is 7.25. The second-order valence-electron chi connectivity index (χ2n) is 5.26. The zero-order valence-electron chi connectivity index (χ0n) is 11.6. The molecule has 2 N–H and O–H groups in total. The van der Waals surface area contributed by atoms with Gasteiger partial charge in [0.15, 0.2) is 0 Å². The molecule has 1 aliphatic carbocycles. The number of hydrogen-bond acceptors (Lipinski definition) is 3. The minimum Gasteiger partial charge on any atom is -0.396 e. The molecule has 1 aliphatic rings. The van der Waals surface area contributed by atoms with E-state index in [2.05, 4.69) is 18.3 Å². The summed E-state index contributed by atoms with van der Waals surface area (Å²) in [6, 6.07) is 2.07. The average Bonchev–Trinajstić information content (AvgIpc) is 2.87. The number of carbonyl (C=O) groups is 1. The molecule has 0 aliphatic heterocycles. The number of carbonyl (C=O) groups excluding carboxylic acids is 1. The summed E-state index contributed by atoms with van der Waals surface area (Å²) >= 11 is 1.65. The number of fused-ring (bicyclic) bond motifs is 1. The molecule has 1 aromatic rings. The molecule has 0 bridgehead atoms. The lowest BCUT2D eigenvalue weighted by Crippen LogP contribution is -2.29. The maximum absolute atomic E-state index is 12.1. The Morgan fingerprint density at radius 2 is 2.26 bits per heavy atom. The van der Waals surface area contributed by atoms with Gasteiger partial charge in [0.1, 0.15) is 0 Å². The van der Waals surface area contributed by atoms with Crippen LogP contribution in [0.2, 0.25) is 0 Å². The van der Waals surface area contributed by atoms with E-state index in [-0.39, 0.29) is 12.5 Å². The highest BCUT2D eigenvalue weighted by Crippen LogP contribution is 2.29. The van der Waals surface area contributed by atoms with Crippen molar-refractivity contribution in [1.29, 1.82) is 0 Å². The number of aliphatic hydroxyl groups is 1. The van der Waals surface area contributed by atoms with E-state index in [4.69, 9.17) is 5.11 Å². The normalized spacial score (nSPS) is 15.9. The number of thiophene rings is 1. The molecule has 1 heterocycles. The van der Waals surface area contributed by atoms with Gasteiger partial charge in [-0.2, -0.15) is 0 Å². The smallest absolute Gasteiger partial charge is 0.261 e. The molecule has 3 nitrogen and oxygen atoms in total. The number of aliphatic hydroxyl groups excluding tert-OH is 1. The molecule has 1 atom stereocenters. The molecule has 0 saturated carbocycles. The Kier molecular flexibility index (Phi) is 5.40. The van der Waals surface area contributed by atoms with E-state index in [1.165, 1.54) is 23.3 Å². The van der Waals surface area contributed by atoms with Crippen LogP contribution in [0.15, 0.2) is 6.07 Å². The molecule has 0 saturated heterocycles. The lowest BCUT2D eigenvalue weighted by molar-refractivity contribution is 0.0947. The van der Waals surface area contributed by atoms with Gasteiger partial charge in [-0.3, -0.25) is 4.79 Å². The van der Waals surface area contributed by atoms with Crippen LogP contribution in [0.3, 0.4) is 0 Å². The van der Waals surface area contributed by atoms with Crippen LogP contribution in [-0.2, 0) is 12.8 Å². The summed E-state index contributed by atoms with van der Waals surface area (Å²) in [5.41, 5.74) is 1.38. The van der Waals surface area contributed by atoms with Crippen molar-refractivity contribution in [2.45, 2.75) is 45.4 Å². The highest BCUT2D eigenvalue weighted by atomic mass is 32.1. The van der Waals surface area contributed by atoms with Crippen molar-refractivity contribution < 1.29 is 9.90 Å². The van der Waals surface area contributed by atoms with Crippen molar-refractivity contribution in [3.63, 3.8) is 0 Å². The van der Waals surface area contributed by atoms with Crippen LogP contribution in [0.4, 0.5) is 0 Å². The van der Waals surface area contributed by atoms with Crippen LogP contribution in [0.1, 0.15) is 52.7 Å². The third-order valence-electron chi connectivity index (χ3n) is 3.89. The molecule has 0 fully saturated rings. The summed E-state index contributed by atoms with van der Waals surface area (Å²) < 4.78 is 0. The van der Waals surface area contributed by atoms with E-state index >= 15 is 0 Å². The van der Waals surface area contributed by atoms with Crippen LogP contribution in [0.25, 0.3) is 0 Å². The first-order valence-corrected chi connectivity index (χ1v) is 8.06. The van der Waals surface area contributed by atoms with Gasteiger partial charge in [-0.05, 0) is 49.7 Å². The lowest BCUT2D eigenvalue weighted by Gasteiger charge is -2.13. The van der Waals surface area contributed by atoms with Crippen molar-refractivity contribution in [2.75, 3.05) is 13.2 Å². The second-order valence-corrected chi connectivity index (χ2v) is 6.40.